The minimum absolute atomic E-state index is 0.300. The number of benzene rings is 1. The van der Waals surface area contributed by atoms with Crippen LogP contribution in [0.3, 0.4) is 0 Å². The van der Waals surface area contributed by atoms with Crippen molar-refractivity contribution in [2.75, 3.05) is 39.1 Å². The Bertz CT molecular complexity index is 389. The molecular weight excluding hydrogens is 256 g/mol. The van der Waals surface area contributed by atoms with Gasteiger partial charge in [-0.1, -0.05) is 0 Å². The molecule has 1 unspecified atom stereocenters. The first-order valence-corrected chi connectivity index (χ1v) is 7.09. The molecule has 1 aromatic rings. The van der Waals surface area contributed by atoms with Gasteiger partial charge in [0.05, 0.1) is 6.10 Å². The van der Waals surface area contributed by atoms with Crippen molar-refractivity contribution >= 4 is 5.69 Å². The number of nitrogens with zero attached hydrogens (tertiary/aromatic N) is 1. The lowest BCUT2D eigenvalue weighted by Gasteiger charge is -2.32. The fourth-order valence-electron chi connectivity index (χ4n) is 2.43. The van der Waals surface area contributed by atoms with Gasteiger partial charge in [-0.3, -0.25) is 0 Å². The van der Waals surface area contributed by atoms with Crippen molar-refractivity contribution in [3.63, 3.8) is 0 Å². The third-order valence-corrected chi connectivity index (χ3v) is 3.66. The minimum atomic E-state index is -0.480. The third-order valence-electron chi connectivity index (χ3n) is 3.66. The molecule has 1 atom stereocenters. The van der Waals surface area contributed by atoms with Gasteiger partial charge in [0.15, 0.2) is 0 Å². The van der Waals surface area contributed by atoms with Crippen molar-refractivity contribution in [3.05, 3.63) is 24.3 Å². The molecule has 0 amide bonds. The zero-order valence-corrected chi connectivity index (χ0v) is 12.0. The van der Waals surface area contributed by atoms with Crippen molar-refractivity contribution in [3.8, 4) is 5.75 Å². The molecule has 0 aromatic heterocycles. The topological polar surface area (TPSA) is 68.0 Å². The molecule has 0 aliphatic carbocycles. The predicted octanol–water partition coefficient (Wildman–Crippen LogP) is 1.12. The highest BCUT2D eigenvalue weighted by molar-refractivity contribution is 5.41. The van der Waals surface area contributed by atoms with Gasteiger partial charge in [0.25, 0.3) is 0 Å². The van der Waals surface area contributed by atoms with E-state index < -0.39 is 6.10 Å². The number of ether oxygens (including phenoxy) is 2. The Morgan fingerprint density at radius 2 is 1.95 bits per heavy atom. The number of hydrogen-bond donors (Lipinski definition) is 2. The van der Waals surface area contributed by atoms with Gasteiger partial charge in [-0.2, -0.15) is 0 Å². The molecule has 3 N–H and O–H groups in total. The summed E-state index contributed by atoms with van der Waals surface area (Å²) in [7, 11) is 1.76. The van der Waals surface area contributed by atoms with Crippen LogP contribution in [0.1, 0.15) is 12.8 Å². The molecule has 20 heavy (non-hydrogen) atoms. The summed E-state index contributed by atoms with van der Waals surface area (Å²) in [6.45, 7) is 2.88. The van der Waals surface area contributed by atoms with Gasteiger partial charge in [-0.05, 0) is 37.1 Å². The molecule has 0 radical (unpaired) electrons. The summed E-state index contributed by atoms with van der Waals surface area (Å²) in [5, 5.41) is 10.0. The summed E-state index contributed by atoms with van der Waals surface area (Å²) in [6.07, 6.45) is 1.95. The number of hydrogen-bond acceptors (Lipinski definition) is 5. The van der Waals surface area contributed by atoms with Gasteiger partial charge < -0.3 is 25.2 Å². The monoisotopic (exact) mass is 280 g/mol. The van der Waals surface area contributed by atoms with Crippen molar-refractivity contribution in [2.45, 2.75) is 25.0 Å². The number of rotatable bonds is 6. The smallest absolute Gasteiger partial charge is 0.119 e. The molecule has 112 valence electrons. The summed E-state index contributed by atoms with van der Waals surface area (Å²) in [5.41, 5.74) is 6.31. The molecule has 2 rings (SSSR count). The van der Waals surface area contributed by atoms with Crippen LogP contribution in [0.2, 0.25) is 0 Å². The van der Waals surface area contributed by atoms with E-state index in [0.717, 1.165) is 31.7 Å². The van der Waals surface area contributed by atoms with Crippen LogP contribution in [0, 0.1) is 0 Å². The first-order valence-electron chi connectivity index (χ1n) is 7.09. The lowest BCUT2D eigenvalue weighted by Crippen LogP contribution is -2.42. The number of anilines is 1. The van der Waals surface area contributed by atoms with Gasteiger partial charge in [0, 0.05) is 32.4 Å². The van der Waals surface area contributed by atoms with E-state index >= 15 is 0 Å². The predicted molar refractivity (Wildman–Crippen MR) is 78.8 cm³/mol. The summed E-state index contributed by atoms with van der Waals surface area (Å²) >= 11 is 0. The summed E-state index contributed by atoms with van der Waals surface area (Å²) in [6, 6.07) is 7.20. The summed E-state index contributed by atoms with van der Waals surface area (Å²) in [4.78, 5) is 2.26. The number of nitrogens with two attached hydrogens (primary N) is 1. The lowest BCUT2D eigenvalue weighted by molar-refractivity contribution is 0.0153. The number of piperidine rings is 1. The SMILES string of the molecule is COC1CCN(CC(O)COc2ccc(N)cc2)CC1. The van der Waals surface area contributed by atoms with E-state index in [1.807, 2.05) is 12.1 Å². The molecule has 5 heteroatoms. The van der Waals surface area contributed by atoms with Gasteiger partial charge in [-0.25, -0.2) is 0 Å². The molecule has 1 aromatic carbocycles. The lowest BCUT2D eigenvalue weighted by atomic mass is 10.1. The molecule has 1 aliphatic rings. The van der Waals surface area contributed by atoms with Crippen LogP contribution in [-0.4, -0.2) is 55.6 Å². The van der Waals surface area contributed by atoms with Crippen molar-refractivity contribution in [2.24, 2.45) is 0 Å². The maximum Gasteiger partial charge on any atom is 0.119 e. The molecule has 5 nitrogen and oxygen atoms in total. The number of aliphatic hydroxyl groups excluding tert-OH is 1. The minimum Gasteiger partial charge on any atom is -0.491 e. The van der Waals surface area contributed by atoms with E-state index in [1.165, 1.54) is 0 Å². The van der Waals surface area contributed by atoms with Crippen LogP contribution >= 0.6 is 0 Å². The van der Waals surface area contributed by atoms with E-state index in [4.69, 9.17) is 15.2 Å². The zero-order chi connectivity index (χ0) is 14.4. The first-order chi connectivity index (χ1) is 9.67. The van der Waals surface area contributed by atoms with Crippen LogP contribution in [0.15, 0.2) is 24.3 Å². The van der Waals surface area contributed by atoms with Gasteiger partial charge in [0.2, 0.25) is 0 Å². The Morgan fingerprint density at radius 3 is 2.55 bits per heavy atom. The Labute approximate surface area is 120 Å². The van der Waals surface area contributed by atoms with Crippen LogP contribution in [0.4, 0.5) is 5.69 Å². The molecule has 1 fully saturated rings. The number of aliphatic hydroxyl groups is 1. The highest BCUT2D eigenvalue weighted by atomic mass is 16.5. The van der Waals surface area contributed by atoms with E-state index in [0.29, 0.717) is 24.9 Å². The largest absolute Gasteiger partial charge is 0.491 e. The fourth-order valence-corrected chi connectivity index (χ4v) is 2.43. The second-order valence-electron chi connectivity index (χ2n) is 5.27. The molecule has 0 bridgehead atoms. The van der Waals surface area contributed by atoms with Crippen molar-refractivity contribution in [1.82, 2.24) is 4.90 Å². The highest BCUT2D eigenvalue weighted by Crippen LogP contribution is 2.15. The molecule has 1 saturated heterocycles. The van der Waals surface area contributed by atoms with Gasteiger partial charge in [-0.15, -0.1) is 0 Å². The van der Waals surface area contributed by atoms with Gasteiger partial charge in [0.1, 0.15) is 18.5 Å². The van der Waals surface area contributed by atoms with Gasteiger partial charge >= 0.3 is 0 Å². The van der Waals surface area contributed by atoms with Crippen molar-refractivity contribution in [1.29, 1.82) is 0 Å². The standard InChI is InChI=1S/C15H24N2O3/c1-19-14-6-8-17(9-7-14)10-13(18)11-20-15-4-2-12(16)3-5-15/h2-5,13-14,18H,6-11,16H2,1H3. The number of nitrogen functional groups attached to an aromatic ring is 1. The first kappa shape index (κ1) is 15.1. The third kappa shape index (κ3) is 4.67. The quantitative estimate of drug-likeness (QED) is 0.764. The molecule has 0 spiro atoms. The molecule has 1 heterocycles. The Kier molecular flexibility index (Phi) is 5.64. The van der Waals surface area contributed by atoms with Crippen LogP contribution in [0.5, 0.6) is 5.75 Å². The average Bonchev–Trinajstić information content (AvgIpc) is 2.47. The maximum absolute atomic E-state index is 10.0. The van der Waals surface area contributed by atoms with Crippen LogP contribution in [-0.2, 0) is 4.74 Å². The normalized spacial score (nSPS) is 18.9. The summed E-state index contributed by atoms with van der Waals surface area (Å²) < 4.78 is 10.9. The Hall–Kier alpha value is -1.30. The van der Waals surface area contributed by atoms with E-state index in [1.54, 1.807) is 19.2 Å². The van der Waals surface area contributed by atoms with E-state index in [9.17, 15) is 5.11 Å². The van der Waals surface area contributed by atoms with E-state index in [-0.39, 0.29) is 0 Å². The second kappa shape index (κ2) is 7.47. The van der Waals surface area contributed by atoms with E-state index in [2.05, 4.69) is 4.90 Å². The van der Waals surface area contributed by atoms with Crippen LogP contribution in [0.25, 0.3) is 0 Å². The average molecular weight is 280 g/mol. The Balaban J connectivity index is 1.68. The molecular formula is C15H24N2O3. The number of likely N-dealkylation sites (tertiary alicyclic amines) is 1. The summed E-state index contributed by atoms with van der Waals surface area (Å²) in [5.74, 6) is 0.733. The molecule has 1 aliphatic heterocycles. The number of methoxy groups -OCH3 is 1. The number of β-amino-alcohol motifs (C(OH)–C–C–N with tert-alkyl or cyclic N) is 1. The second-order valence-corrected chi connectivity index (χ2v) is 5.27. The van der Waals surface area contributed by atoms with Crippen LogP contribution < -0.4 is 10.5 Å². The van der Waals surface area contributed by atoms with Crippen molar-refractivity contribution < 1.29 is 14.6 Å². The Morgan fingerprint density at radius 1 is 1.30 bits per heavy atom. The fraction of sp³-hybridized carbons (Fsp3) is 0.600. The highest BCUT2D eigenvalue weighted by Gasteiger charge is 2.20. The molecule has 0 saturated carbocycles. The maximum atomic E-state index is 10.0. The zero-order valence-electron chi connectivity index (χ0n) is 12.0.